The van der Waals surface area contributed by atoms with E-state index in [9.17, 15) is 18.8 Å². The number of hydrogen-bond donors (Lipinski definition) is 4. The number of halogens is 1. The van der Waals surface area contributed by atoms with Gasteiger partial charge in [-0.1, -0.05) is 6.07 Å². The van der Waals surface area contributed by atoms with Crippen molar-refractivity contribution in [2.24, 2.45) is 5.73 Å². The maximum Gasteiger partial charge on any atom is 0.340 e. The maximum atomic E-state index is 13.4. The first-order valence-electron chi connectivity index (χ1n) is 6.01. The van der Waals surface area contributed by atoms with Crippen LogP contribution in [0.25, 0.3) is 0 Å². The first kappa shape index (κ1) is 16.4. The predicted octanol–water partition coefficient (Wildman–Crippen LogP) is 1.30. The molecule has 0 saturated carbocycles. The van der Waals surface area contributed by atoms with Crippen LogP contribution in [-0.4, -0.2) is 28.6 Å². The minimum Gasteiger partial charge on any atom is -0.478 e. The van der Waals surface area contributed by atoms with Gasteiger partial charge in [-0.25, -0.2) is 14.0 Å². The minimum absolute atomic E-state index is 0.102. The lowest BCUT2D eigenvalue weighted by molar-refractivity contribution is -0.119. The fourth-order valence-corrected chi connectivity index (χ4v) is 1.79. The summed E-state index contributed by atoms with van der Waals surface area (Å²) in [6.45, 7) is 3.14. The number of carbonyl (C=O) groups is 3. The van der Waals surface area contributed by atoms with Crippen LogP contribution in [0.15, 0.2) is 18.2 Å². The van der Waals surface area contributed by atoms with Gasteiger partial charge in [0.1, 0.15) is 11.4 Å². The molecule has 114 valence electrons. The second-order valence-corrected chi connectivity index (χ2v) is 5.07. The summed E-state index contributed by atoms with van der Waals surface area (Å²) >= 11 is 0. The Morgan fingerprint density at radius 1 is 1.33 bits per heavy atom. The molecule has 7 nitrogen and oxygen atoms in total. The van der Waals surface area contributed by atoms with Crippen molar-refractivity contribution in [3.63, 3.8) is 0 Å². The summed E-state index contributed by atoms with van der Waals surface area (Å²) in [5.74, 6) is -3.06. The largest absolute Gasteiger partial charge is 0.478 e. The number of nitrogens with one attached hydrogen (secondary N) is 2. The number of urea groups is 1. The Bertz CT molecular complexity index is 587. The van der Waals surface area contributed by atoms with E-state index in [0.717, 1.165) is 6.07 Å². The van der Waals surface area contributed by atoms with E-state index in [1.54, 1.807) is 13.8 Å². The second-order valence-electron chi connectivity index (χ2n) is 5.07. The van der Waals surface area contributed by atoms with Crippen molar-refractivity contribution in [2.45, 2.75) is 25.8 Å². The molecule has 1 rings (SSSR count). The maximum absolute atomic E-state index is 13.4. The Morgan fingerprint density at radius 3 is 2.48 bits per heavy atom. The van der Waals surface area contributed by atoms with Gasteiger partial charge in [-0.2, -0.15) is 0 Å². The highest BCUT2D eigenvalue weighted by molar-refractivity contribution is 6.00. The van der Waals surface area contributed by atoms with Gasteiger partial charge >= 0.3 is 12.0 Å². The SMILES string of the molecule is CC(C)(CC(N)=O)NC(=O)Nc1cccc(F)c1C(=O)O. The van der Waals surface area contributed by atoms with Crippen molar-refractivity contribution in [1.29, 1.82) is 0 Å². The number of amides is 3. The lowest BCUT2D eigenvalue weighted by atomic mass is 10.0. The fourth-order valence-electron chi connectivity index (χ4n) is 1.79. The third-order valence-corrected chi connectivity index (χ3v) is 2.54. The number of carbonyl (C=O) groups excluding carboxylic acids is 2. The normalized spacial score (nSPS) is 10.8. The molecule has 0 saturated heterocycles. The summed E-state index contributed by atoms with van der Waals surface area (Å²) < 4.78 is 13.4. The van der Waals surface area contributed by atoms with Crippen molar-refractivity contribution in [3.05, 3.63) is 29.6 Å². The highest BCUT2D eigenvalue weighted by Crippen LogP contribution is 2.19. The summed E-state index contributed by atoms with van der Waals surface area (Å²) in [6.07, 6.45) is -0.102. The summed E-state index contributed by atoms with van der Waals surface area (Å²) in [5, 5.41) is 13.6. The Kier molecular flexibility index (Phi) is 4.85. The standard InChI is InChI=1S/C13H16FN3O4/c1-13(2,6-9(15)18)17-12(21)16-8-5-3-4-7(14)10(8)11(19)20/h3-5H,6H2,1-2H3,(H2,15,18)(H,19,20)(H2,16,17,21). The number of aromatic carboxylic acids is 1. The van der Waals surface area contributed by atoms with Crippen LogP contribution in [0, 0.1) is 5.82 Å². The Hall–Kier alpha value is -2.64. The van der Waals surface area contributed by atoms with E-state index in [0.29, 0.717) is 0 Å². The van der Waals surface area contributed by atoms with Crippen LogP contribution in [0.2, 0.25) is 0 Å². The van der Waals surface area contributed by atoms with Crippen LogP contribution in [0.3, 0.4) is 0 Å². The monoisotopic (exact) mass is 297 g/mol. The van der Waals surface area contributed by atoms with Gasteiger partial charge in [-0.3, -0.25) is 4.79 Å². The molecule has 8 heteroatoms. The number of nitrogens with two attached hydrogens (primary N) is 1. The molecule has 5 N–H and O–H groups in total. The number of rotatable bonds is 5. The van der Waals surface area contributed by atoms with Crippen LogP contribution in [-0.2, 0) is 4.79 Å². The summed E-state index contributed by atoms with van der Waals surface area (Å²) in [6, 6.07) is 2.73. The van der Waals surface area contributed by atoms with Gasteiger partial charge in [0.25, 0.3) is 0 Å². The molecule has 3 amide bonds. The van der Waals surface area contributed by atoms with E-state index < -0.39 is 34.8 Å². The molecule has 0 aliphatic carbocycles. The lowest BCUT2D eigenvalue weighted by Gasteiger charge is -2.25. The quantitative estimate of drug-likeness (QED) is 0.654. The highest BCUT2D eigenvalue weighted by Gasteiger charge is 2.24. The third-order valence-electron chi connectivity index (χ3n) is 2.54. The summed E-state index contributed by atoms with van der Waals surface area (Å²) in [5.41, 5.74) is 3.30. The molecular weight excluding hydrogens is 281 g/mol. The Labute approximate surface area is 120 Å². The van der Waals surface area contributed by atoms with Crippen molar-refractivity contribution < 1.29 is 23.9 Å². The molecule has 21 heavy (non-hydrogen) atoms. The van der Waals surface area contributed by atoms with Gasteiger partial charge in [-0.05, 0) is 26.0 Å². The van der Waals surface area contributed by atoms with Crippen LogP contribution < -0.4 is 16.4 Å². The molecule has 0 aromatic heterocycles. The Balaban J connectivity index is 2.87. The van der Waals surface area contributed by atoms with Gasteiger partial charge in [0.2, 0.25) is 5.91 Å². The average Bonchev–Trinajstić information content (AvgIpc) is 2.24. The van der Waals surface area contributed by atoms with Gasteiger partial charge in [0.15, 0.2) is 0 Å². The van der Waals surface area contributed by atoms with Gasteiger partial charge in [0, 0.05) is 12.0 Å². The molecule has 1 aromatic carbocycles. The van der Waals surface area contributed by atoms with Crippen LogP contribution in [0.4, 0.5) is 14.9 Å². The van der Waals surface area contributed by atoms with E-state index in [1.807, 2.05) is 0 Å². The van der Waals surface area contributed by atoms with E-state index in [4.69, 9.17) is 10.8 Å². The van der Waals surface area contributed by atoms with Gasteiger partial charge in [0.05, 0.1) is 5.69 Å². The summed E-state index contributed by atoms with van der Waals surface area (Å²) in [4.78, 5) is 33.7. The zero-order valence-electron chi connectivity index (χ0n) is 11.6. The molecular formula is C13H16FN3O4. The van der Waals surface area contributed by atoms with Gasteiger partial charge in [-0.15, -0.1) is 0 Å². The third kappa shape index (κ3) is 4.75. The topological polar surface area (TPSA) is 122 Å². The number of benzene rings is 1. The first-order chi connectivity index (χ1) is 9.62. The van der Waals surface area contributed by atoms with Crippen molar-refractivity contribution in [2.75, 3.05) is 5.32 Å². The van der Waals surface area contributed by atoms with Crippen molar-refractivity contribution in [1.82, 2.24) is 5.32 Å². The smallest absolute Gasteiger partial charge is 0.340 e. The fraction of sp³-hybridized carbons (Fsp3) is 0.308. The molecule has 0 aliphatic rings. The van der Waals surface area contributed by atoms with Crippen LogP contribution in [0.5, 0.6) is 0 Å². The second kappa shape index (κ2) is 6.21. The molecule has 0 fully saturated rings. The number of primary amides is 1. The van der Waals surface area contributed by atoms with Gasteiger partial charge < -0.3 is 21.5 Å². The molecule has 0 heterocycles. The molecule has 0 unspecified atom stereocenters. The number of carboxylic acids is 1. The minimum atomic E-state index is -1.50. The molecule has 0 aliphatic heterocycles. The molecule has 0 bridgehead atoms. The van der Waals surface area contributed by atoms with Crippen molar-refractivity contribution >= 4 is 23.6 Å². The lowest BCUT2D eigenvalue weighted by Crippen LogP contribution is -2.47. The number of carboxylic acid groups (broad SMARTS) is 1. The molecule has 0 spiro atoms. The van der Waals surface area contributed by atoms with Crippen molar-refractivity contribution in [3.8, 4) is 0 Å². The number of hydrogen-bond acceptors (Lipinski definition) is 3. The predicted molar refractivity (Wildman–Crippen MR) is 73.4 cm³/mol. The summed E-state index contributed by atoms with van der Waals surface area (Å²) in [7, 11) is 0. The zero-order valence-corrected chi connectivity index (χ0v) is 11.6. The molecule has 1 aromatic rings. The van der Waals surface area contributed by atoms with Crippen LogP contribution in [0.1, 0.15) is 30.6 Å². The van der Waals surface area contributed by atoms with E-state index in [2.05, 4.69) is 10.6 Å². The van der Waals surface area contributed by atoms with E-state index >= 15 is 0 Å². The molecule has 0 atom stereocenters. The molecule has 0 radical (unpaired) electrons. The zero-order chi connectivity index (χ0) is 16.2. The first-order valence-corrected chi connectivity index (χ1v) is 6.01. The van der Waals surface area contributed by atoms with E-state index in [-0.39, 0.29) is 12.1 Å². The van der Waals surface area contributed by atoms with Crippen LogP contribution >= 0.6 is 0 Å². The highest BCUT2D eigenvalue weighted by atomic mass is 19.1. The van der Waals surface area contributed by atoms with E-state index in [1.165, 1.54) is 12.1 Å². The Morgan fingerprint density at radius 2 is 1.95 bits per heavy atom. The average molecular weight is 297 g/mol. The number of anilines is 1.